The van der Waals surface area contributed by atoms with Crippen LogP contribution in [0.4, 0.5) is 22.0 Å². The van der Waals surface area contributed by atoms with Gasteiger partial charge < -0.3 is 10.6 Å². The number of aryl methyl sites for hydroxylation is 1. The number of anilines is 3. The molecule has 128 valence electrons. The van der Waals surface area contributed by atoms with Crippen molar-refractivity contribution in [2.45, 2.75) is 51.5 Å². The summed E-state index contributed by atoms with van der Waals surface area (Å²) in [7, 11) is 0. The molecule has 2 aromatic rings. The third-order valence-electron chi connectivity index (χ3n) is 4.22. The first-order chi connectivity index (χ1) is 11.6. The molecule has 1 aliphatic carbocycles. The standard InChI is InChI=1S/C17H21ClFN5/c1-11-8-9-13(10-14(11)19)21-17-23-15(18)22-16(24-17)20-12-6-4-2-3-5-7-12/h8-10,12H,2-7H2,1H3,(H2,20,21,22,23,24). The third-order valence-corrected chi connectivity index (χ3v) is 4.39. The molecule has 1 aromatic heterocycles. The summed E-state index contributed by atoms with van der Waals surface area (Å²) in [6, 6.07) is 5.24. The fourth-order valence-corrected chi connectivity index (χ4v) is 3.04. The van der Waals surface area contributed by atoms with Gasteiger partial charge in [-0.15, -0.1) is 0 Å². The quantitative estimate of drug-likeness (QED) is 0.772. The summed E-state index contributed by atoms with van der Waals surface area (Å²) >= 11 is 6.01. The van der Waals surface area contributed by atoms with Crippen LogP contribution in [-0.4, -0.2) is 21.0 Å². The third kappa shape index (κ3) is 4.54. The highest BCUT2D eigenvalue weighted by atomic mass is 35.5. The van der Waals surface area contributed by atoms with Crippen LogP contribution in [0.15, 0.2) is 18.2 Å². The molecule has 0 atom stereocenters. The zero-order valence-corrected chi connectivity index (χ0v) is 14.4. The Hall–Kier alpha value is -1.95. The molecule has 0 unspecified atom stereocenters. The molecule has 0 bridgehead atoms. The normalized spacial score (nSPS) is 15.8. The van der Waals surface area contributed by atoms with E-state index in [1.165, 1.54) is 31.7 Å². The average Bonchev–Trinajstić information content (AvgIpc) is 2.79. The van der Waals surface area contributed by atoms with Crippen LogP contribution in [0.25, 0.3) is 0 Å². The highest BCUT2D eigenvalue weighted by Crippen LogP contribution is 2.22. The molecule has 1 saturated carbocycles. The maximum Gasteiger partial charge on any atom is 0.233 e. The summed E-state index contributed by atoms with van der Waals surface area (Å²) < 4.78 is 13.7. The van der Waals surface area contributed by atoms with Gasteiger partial charge >= 0.3 is 0 Å². The van der Waals surface area contributed by atoms with Gasteiger partial charge in [0.2, 0.25) is 17.2 Å². The molecule has 1 aliphatic rings. The van der Waals surface area contributed by atoms with E-state index < -0.39 is 0 Å². The van der Waals surface area contributed by atoms with Crippen LogP contribution in [-0.2, 0) is 0 Å². The van der Waals surface area contributed by atoms with Gasteiger partial charge in [0.25, 0.3) is 0 Å². The number of aromatic nitrogens is 3. The Morgan fingerprint density at radius 2 is 1.75 bits per heavy atom. The summed E-state index contributed by atoms with van der Waals surface area (Å²) in [6.07, 6.45) is 7.20. The first kappa shape index (κ1) is 16.9. The molecule has 3 rings (SSSR count). The molecule has 1 heterocycles. The Balaban J connectivity index is 1.74. The van der Waals surface area contributed by atoms with Gasteiger partial charge in [0.05, 0.1) is 0 Å². The van der Waals surface area contributed by atoms with Crippen LogP contribution in [0, 0.1) is 12.7 Å². The van der Waals surface area contributed by atoms with E-state index in [9.17, 15) is 4.39 Å². The molecule has 0 radical (unpaired) electrons. The van der Waals surface area contributed by atoms with Gasteiger partial charge in [-0.05, 0) is 49.1 Å². The number of halogens is 2. The second kappa shape index (κ2) is 7.75. The van der Waals surface area contributed by atoms with Gasteiger partial charge in [0.1, 0.15) is 5.82 Å². The Kier molecular flexibility index (Phi) is 5.45. The van der Waals surface area contributed by atoms with Crippen LogP contribution in [0.1, 0.15) is 44.1 Å². The Morgan fingerprint density at radius 1 is 1.04 bits per heavy atom. The fourth-order valence-electron chi connectivity index (χ4n) is 2.88. The second-order valence-electron chi connectivity index (χ2n) is 6.17. The highest BCUT2D eigenvalue weighted by Gasteiger charge is 2.14. The lowest BCUT2D eigenvalue weighted by molar-refractivity contribution is 0.614. The van der Waals surface area contributed by atoms with Crippen LogP contribution < -0.4 is 10.6 Å². The van der Waals surface area contributed by atoms with E-state index in [1.54, 1.807) is 19.1 Å². The zero-order valence-electron chi connectivity index (χ0n) is 13.6. The fraction of sp³-hybridized carbons (Fsp3) is 0.471. The molecule has 24 heavy (non-hydrogen) atoms. The molecular formula is C17H21ClFN5. The molecule has 1 aromatic carbocycles. The van der Waals surface area contributed by atoms with E-state index in [2.05, 4.69) is 25.6 Å². The van der Waals surface area contributed by atoms with Gasteiger partial charge in [-0.3, -0.25) is 0 Å². The van der Waals surface area contributed by atoms with Crippen molar-refractivity contribution in [2.75, 3.05) is 10.6 Å². The summed E-state index contributed by atoms with van der Waals surface area (Å²) in [5, 5.41) is 6.43. The van der Waals surface area contributed by atoms with Gasteiger partial charge in [-0.25, -0.2) is 4.39 Å². The average molecular weight is 350 g/mol. The van der Waals surface area contributed by atoms with Crippen molar-refractivity contribution in [1.29, 1.82) is 0 Å². The Bertz CT molecular complexity index is 701. The predicted octanol–water partition coefficient (Wildman–Crippen LogP) is 4.85. The minimum absolute atomic E-state index is 0.108. The van der Waals surface area contributed by atoms with Crippen LogP contribution in [0.3, 0.4) is 0 Å². The number of nitrogens with zero attached hydrogens (tertiary/aromatic N) is 3. The highest BCUT2D eigenvalue weighted by molar-refractivity contribution is 6.28. The summed E-state index contributed by atoms with van der Waals surface area (Å²) in [6.45, 7) is 1.72. The zero-order chi connectivity index (χ0) is 16.9. The molecule has 2 N–H and O–H groups in total. The Labute approximate surface area is 146 Å². The molecule has 0 saturated heterocycles. The van der Waals surface area contributed by atoms with E-state index in [1.807, 2.05) is 0 Å². The van der Waals surface area contributed by atoms with Crippen LogP contribution in [0.5, 0.6) is 0 Å². The largest absolute Gasteiger partial charge is 0.351 e. The van der Waals surface area contributed by atoms with Gasteiger partial charge in [0.15, 0.2) is 0 Å². The molecular weight excluding hydrogens is 329 g/mol. The SMILES string of the molecule is Cc1ccc(Nc2nc(Cl)nc(NC3CCCCCC3)n2)cc1F. The minimum Gasteiger partial charge on any atom is -0.351 e. The number of hydrogen-bond donors (Lipinski definition) is 2. The second-order valence-corrected chi connectivity index (χ2v) is 6.51. The van der Waals surface area contributed by atoms with E-state index in [0.29, 0.717) is 29.2 Å². The molecule has 1 fully saturated rings. The van der Waals surface area contributed by atoms with Crippen molar-refractivity contribution in [3.8, 4) is 0 Å². The molecule has 0 spiro atoms. The predicted molar refractivity (Wildman–Crippen MR) is 94.4 cm³/mol. The van der Waals surface area contributed by atoms with Gasteiger partial charge in [-0.1, -0.05) is 31.7 Å². The topological polar surface area (TPSA) is 62.7 Å². The van der Waals surface area contributed by atoms with Crippen LogP contribution >= 0.6 is 11.6 Å². The van der Waals surface area contributed by atoms with Crippen molar-refractivity contribution >= 4 is 29.2 Å². The number of nitrogens with one attached hydrogen (secondary N) is 2. The van der Waals surface area contributed by atoms with Gasteiger partial charge in [-0.2, -0.15) is 15.0 Å². The van der Waals surface area contributed by atoms with E-state index in [0.717, 1.165) is 12.8 Å². The maximum atomic E-state index is 13.7. The number of benzene rings is 1. The lowest BCUT2D eigenvalue weighted by Gasteiger charge is -2.16. The lowest BCUT2D eigenvalue weighted by Crippen LogP contribution is -2.20. The molecule has 7 heteroatoms. The first-order valence-electron chi connectivity index (χ1n) is 8.31. The summed E-state index contributed by atoms with van der Waals surface area (Å²) in [4.78, 5) is 12.6. The Morgan fingerprint density at radius 3 is 2.46 bits per heavy atom. The van der Waals surface area contributed by atoms with Crippen LogP contribution in [0.2, 0.25) is 5.28 Å². The molecule has 5 nitrogen and oxygen atoms in total. The molecule has 0 amide bonds. The van der Waals surface area contributed by atoms with Crippen molar-refractivity contribution in [3.63, 3.8) is 0 Å². The van der Waals surface area contributed by atoms with Crippen molar-refractivity contribution in [2.24, 2.45) is 0 Å². The van der Waals surface area contributed by atoms with E-state index >= 15 is 0 Å². The monoisotopic (exact) mass is 349 g/mol. The van der Waals surface area contributed by atoms with E-state index in [4.69, 9.17) is 11.6 Å². The lowest BCUT2D eigenvalue weighted by atomic mass is 10.1. The van der Waals surface area contributed by atoms with Gasteiger partial charge in [0, 0.05) is 11.7 Å². The number of rotatable bonds is 4. The van der Waals surface area contributed by atoms with Crippen molar-refractivity contribution in [3.05, 3.63) is 34.9 Å². The summed E-state index contributed by atoms with van der Waals surface area (Å²) in [5.41, 5.74) is 1.16. The summed E-state index contributed by atoms with van der Waals surface area (Å²) in [5.74, 6) is 0.475. The number of hydrogen-bond acceptors (Lipinski definition) is 5. The first-order valence-corrected chi connectivity index (χ1v) is 8.69. The van der Waals surface area contributed by atoms with E-state index in [-0.39, 0.29) is 11.1 Å². The maximum absolute atomic E-state index is 13.7. The smallest absolute Gasteiger partial charge is 0.233 e. The minimum atomic E-state index is -0.281. The van der Waals surface area contributed by atoms with Crippen molar-refractivity contribution < 1.29 is 4.39 Å². The molecule has 0 aliphatic heterocycles. The van der Waals surface area contributed by atoms with Crippen molar-refractivity contribution in [1.82, 2.24) is 15.0 Å².